The number of fused-ring (bicyclic) bond motifs is 1. The van der Waals surface area contributed by atoms with Gasteiger partial charge in [-0.25, -0.2) is 0 Å². The van der Waals surface area contributed by atoms with E-state index in [1.807, 2.05) is 25.7 Å². The molecule has 0 radical (unpaired) electrons. The second-order valence-corrected chi connectivity index (χ2v) is 11.9. The van der Waals surface area contributed by atoms with Crippen LogP contribution in [0.3, 0.4) is 0 Å². The van der Waals surface area contributed by atoms with E-state index in [0.29, 0.717) is 24.8 Å². The van der Waals surface area contributed by atoms with Crippen LogP contribution < -0.4 is 0 Å². The van der Waals surface area contributed by atoms with Gasteiger partial charge < -0.3 is 14.3 Å². The summed E-state index contributed by atoms with van der Waals surface area (Å²) in [4.78, 5) is 25.5. The van der Waals surface area contributed by atoms with Gasteiger partial charge in [-0.3, -0.25) is 9.59 Å². The number of ether oxygens (including phenoxy) is 1. The second kappa shape index (κ2) is 5.58. The summed E-state index contributed by atoms with van der Waals surface area (Å²) in [6, 6.07) is 0. The first-order chi connectivity index (χ1) is 10.1. The number of carbonyl (C=O) groups excluding carboxylic acids is 2. The SMILES string of the molecule is COC(=O)[C@@]12C(=O)CC[C@](C)(O)C1=CCC[C@H]2O[Si](C)(C)C. The van der Waals surface area contributed by atoms with E-state index in [1.54, 1.807) is 6.92 Å². The highest BCUT2D eigenvalue weighted by Gasteiger charge is 2.63. The third-order valence-electron chi connectivity index (χ3n) is 4.55. The molecule has 2 aliphatic carbocycles. The van der Waals surface area contributed by atoms with Crippen LogP contribution in [0.2, 0.25) is 19.6 Å². The van der Waals surface area contributed by atoms with Crippen LogP contribution in [0, 0.1) is 5.41 Å². The summed E-state index contributed by atoms with van der Waals surface area (Å²) in [5, 5.41) is 10.7. The minimum absolute atomic E-state index is 0.158. The number of carbonyl (C=O) groups is 2. The van der Waals surface area contributed by atoms with Gasteiger partial charge in [-0.05, 0) is 51.4 Å². The van der Waals surface area contributed by atoms with Crippen LogP contribution >= 0.6 is 0 Å². The molecule has 0 aliphatic heterocycles. The van der Waals surface area contributed by atoms with Gasteiger partial charge in [0.2, 0.25) is 0 Å². The van der Waals surface area contributed by atoms with Crippen molar-refractivity contribution in [1.82, 2.24) is 0 Å². The molecule has 1 fully saturated rings. The minimum atomic E-state index is -1.97. The van der Waals surface area contributed by atoms with E-state index in [9.17, 15) is 14.7 Å². The molecule has 0 aromatic rings. The van der Waals surface area contributed by atoms with Crippen molar-refractivity contribution in [1.29, 1.82) is 0 Å². The summed E-state index contributed by atoms with van der Waals surface area (Å²) in [6.45, 7) is 7.75. The van der Waals surface area contributed by atoms with Crippen LogP contribution in [0.25, 0.3) is 0 Å². The van der Waals surface area contributed by atoms with E-state index in [-0.39, 0.29) is 12.2 Å². The highest BCUT2D eigenvalue weighted by Crippen LogP contribution is 2.52. The Morgan fingerprint density at radius 2 is 2.05 bits per heavy atom. The fourth-order valence-electron chi connectivity index (χ4n) is 3.68. The molecule has 2 aliphatic rings. The first-order valence-electron chi connectivity index (χ1n) is 7.79. The molecule has 0 amide bonds. The Hall–Kier alpha value is -0.983. The molecule has 0 unspecified atom stereocenters. The zero-order chi connectivity index (χ0) is 16.8. The lowest BCUT2D eigenvalue weighted by molar-refractivity contribution is -0.168. The topological polar surface area (TPSA) is 72.8 Å². The predicted molar refractivity (Wildman–Crippen MR) is 84.8 cm³/mol. The summed E-state index contributed by atoms with van der Waals surface area (Å²) in [5.74, 6) is -0.799. The maximum atomic E-state index is 12.8. The lowest BCUT2D eigenvalue weighted by Crippen LogP contribution is -2.62. The molecule has 0 aromatic heterocycles. The quantitative estimate of drug-likeness (QED) is 0.372. The number of allylic oxidation sites excluding steroid dienone is 1. The van der Waals surface area contributed by atoms with E-state index in [2.05, 4.69) is 0 Å². The fourth-order valence-corrected chi connectivity index (χ4v) is 4.83. The highest BCUT2D eigenvalue weighted by atomic mass is 28.4. The molecule has 124 valence electrons. The lowest BCUT2D eigenvalue weighted by Gasteiger charge is -2.50. The van der Waals surface area contributed by atoms with Crippen LogP contribution in [0.15, 0.2) is 11.6 Å². The standard InChI is InChI=1S/C16H26O5Si/c1-15(19)10-9-12(17)16(14(18)20-2)11(15)7-6-8-13(16)21-22(3,4)5/h7,13,19H,6,8-10H2,1-5H3/t13-,15+,16-/m1/s1. The van der Waals surface area contributed by atoms with Crippen molar-refractivity contribution >= 4 is 20.1 Å². The second-order valence-electron chi connectivity index (χ2n) is 7.41. The Bertz CT molecular complexity index is 507. The van der Waals surface area contributed by atoms with Gasteiger partial charge >= 0.3 is 5.97 Å². The predicted octanol–water partition coefficient (Wildman–Crippen LogP) is 2.20. The molecule has 5 nitrogen and oxygen atoms in total. The molecule has 0 spiro atoms. The van der Waals surface area contributed by atoms with Crippen molar-refractivity contribution in [2.75, 3.05) is 7.11 Å². The average Bonchev–Trinajstić information content (AvgIpc) is 2.41. The van der Waals surface area contributed by atoms with E-state index in [4.69, 9.17) is 9.16 Å². The Labute approximate surface area is 132 Å². The fraction of sp³-hybridized carbons (Fsp3) is 0.750. The minimum Gasteiger partial charge on any atom is -0.468 e. The molecule has 1 N–H and O–H groups in total. The summed E-state index contributed by atoms with van der Waals surface area (Å²) < 4.78 is 11.2. The van der Waals surface area contributed by atoms with Crippen molar-refractivity contribution in [3.63, 3.8) is 0 Å². The number of methoxy groups -OCH3 is 1. The van der Waals surface area contributed by atoms with Crippen LogP contribution in [-0.2, 0) is 18.8 Å². The summed E-state index contributed by atoms with van der Waals surface area (Å²) in [5.41, 5.74) is -2.18. The van der Waals surface area contributed by atoms with Gasteiger partial charge in [0.1, 0.15) is 0 Å². The molecule has 0 saturated heterocycles. The average molecular weight is 326 g/mol. The Morgan fingerprint density at radius 1 is 1.41 bits per heavy atom. The number of aliphatic hydroxyl groups is 1. The Kier molecular flexibility index (Phi) is 4.41. The largest absolute Gasteiger partial charge is 0.468 e. The normalized spacial score (nSPS) is 35.6. The van der Waals surface area contributed by atoms with Crippen molar-refractivity contribution in [2.45, 2.75) is 64.0 Å². The highest BCUT2D eigenvalue weighted by molar-refractivity contribution is 6.69. The molecule has 2 rings (SSSR count). The van der Waals surface area contributed by atoms with E-state index < -0.39 is 31.4 Å². The summed E-state index contributed by atoms with van der Waals surface area (Å²) in [6.07, 6.45) is 3.04. The number of hydrogen-bond acceptors (Lipinski definition) is 5. The molecule has 1 saturated carbocycles. The third kappa shape index (κ3) is 2.68. The number of Topliss-reactive ketones (excluding diaryl/α,β-unsaturated/α-hetero) is 1. The zero-order valence-corrected chi connectivity index (χ0v) is 15.1. The van der Waals surface area contributed by atoms with Gasteiger partial charge in [-0.2, -0.15) is 0 Å². The summed E-state index contributed by atoms with van der Waals surface area (Å²) >= 11 is 0. The summed E-state index contributed by atoms with van der Waals surface area (Å²) in [7, 11) is -0.688. The number of rotatable bonds is 3. The Morgan fingerprint density at radius 3 is 2.59 bits per heavy atom. The first-order valence-corrected chi connectivity index (χ1v) is 11.2. The maximum Gasteiger partial charge on any atom is 0.326 e. The third-order valence-corrected chi connectivity index (χ3v) is 5.54. The van der Waals surface area contributed by atoms with Crippen LogP contribution in [0.1, 0.15) is 32.6 Å². The van der Waals surface area contributed by atoms with Crippen molar-refractivity contribution in [3.8, 4) is 0 Å². The van der Waals surface area contributed by atoms with Gasteiger partial charge in [0.15, 0.2) is 19.5 Å². The lowest BCUT2D eigenvalue weighted by atomic mass is 9.57. The molecule has 0 bridgehead atoms. The van der Waals surface area contributed by atoms with Crippen molar-refractivity contribution < 1.29 is 23.9 Å². The maximum absolute atomic E-state index is 12.8. The molecule has 22 heavy (non-hydrogen) atoms. The van der Waals surface area contributed by atoms with E-state index in [1.165, 1.54) is 7.11 Å². The molecule has 3 atom stereocenters. The van der Waals surface area contributed by atoms with Gasteiger partial charge in [-0.1, -0.05) is 6.08 Å². The van der Waals surface area contributed by atoms with Gasteiger partial charge in [0, 0.05) is 6.42 Å². The monoisotopic (exact) mass is 326 g/mol. The van der Waals surface area contributed by atoms with Gasteiger partial charge in [0.25, 0.3) is 0 Å². The van der Waals surface area contributed by atoms with Crippen LogP contribution in [0.5, 0.6) is 0 Å². The van der Waals surface area contributed by atoms with Gasteiger partial charge in [-0.15, -0.1) is 0 Å². The van der Waals surface area contributed by atoms with E-state index in [0.717, 1.165) is 0 Å². The first kappa shape index (κ1) is 17.4. The molecular formula is C16H26O5Si. The molecule has 0 heterocycles. The van der Waals surface area contributed by atoms with Crippen LogP contribution in [-0.4, -0.2) is 44.0 Å². The number of esters is 1. The number of hydrogen-bond donors (Lipinski definition) is 1. The molecule has 0 aromatic carbocycles. The van der Waals surface area contributed by atoms with Crippen molar-refractivity contribution in [3.05, 3.63) is 11.6 Å². The molecule has 6 heteroatoms. The molecular weight excluding hydrogens is 300 g/mol. The van der Waals surface area contributed by atoms with Gasteiger partial charge in [0.05, 0.1) is 18.8 Å². The van der Waals surface area contributed by atoms with Crippen molar-refractivity contribution in [2.24, 2.45) is 5.41 Å². The number of ketones is 1. The zero-order valence-electron chi connectivity index (χ0n) is 14.1. The smallest absolute Gasteiger partial charge is 0.326 e. The van der Waals surface area contributed by atoms with E-state index >= 15 is 0 Å². The van der Waals surface area contributed by atoms with Crippen LogP contribution in [0.4, 0.5) is 0 Å². The Balaban J connectivity index is 2.61.